The van der Waals surface area contributed by atoms with Crippen LogP contribution in [0.5, 0.6) is 0 Å². The second-order valence-electron chi connectivity index (χ2n) is 1.77. The third-order valence-corrected chi connectivity index (χ3v) is 0.986. The van der Waals surface area contributed by atoms with Gasteiger partial charge in [0.15, 0.2) is 0 Å². The van der Waals surface area contributed by atoms with Crippen LogP contribution in [0.25, 0.3) is 0 Å². The molecule has 1 rings (SSSR count). The van der Waals surface area contributed by atoms with Crippen molar-refractivity contribution < 1.29 is 5.11 Å². The Balaban J connectivity index is 0.000000561. The monoisotopic (exact) mass is 172 g/mol. The zero-order valence-corrected chi connectivity index (χ0v) is 7.05. The minimum absolute atomic E-state index is 0.216. The quantitative estimate of drug-likeness (QED) is 0.537. The van der Waals surface area contributed by atoms with Crippen LogP contribution in [0, 0.1) is 0 Å². The summed E-state index contributed by atoms with van der Waals surface area (Å²) >= 11 is 0. The summed E-state index contributed by atoms with van der Waals surface area (Å²) in [5, 5.41) is 8.46. The fourth-order valence-electron chi connectivity index (χ4n) is 0.605. The topological polar surface area (TPSA) is 85.9 Å². The maximum Gasteiger partial charge on any atom is 0.325 e. The summed E-state index contributed by atoms with van der Waals surface area (Å²) < 4.78 is 0. The fraction of sp³-hybridized carbons (Fsp3) is 0.429. The van der Waals surface area contributed by atoms with E-state index in [4.69, 9.17) is 5.11 Å². The Labute approximate surface area is 69.1 Å². The lowest BCUT2D eigenvalue weighted by Gasteiger charge is -1.90. The number of aliphatic hydroxyl groups is 1. The highest BCUT2D eigenvalue weighted by atomic mass is 16.3. The van der Waals surface area contributed by atoms with Gasteiger partial charge in [-0.25, -0.2) is 4.79 Å². The summed E-state index contributed by atoms with van der Waals surface area (Å²) in [5.41, 5.74) is -0.891. The van der Waals surface area contributed by atoms with Crippen LogP contribution in [0.4, 0.5) is 0 Å². The third kappa shape index (κ3) is 3.16. The van der Waals surface area contributed by atoms with Crippen LogP contribution in [0.1, 0.15) is 19.5 Å². The predicted octanol–water partition coefficient (Wildman–Crippen LogP) is -0.418. The molecule has 1 aromatic heterocycles. The molecule has 0 saturated carbocycles. The van der Waals surface area contributed by atoms with E-state index < -0.39 is 11.2 Å². The number of nitrogens with one attached hydrogen (secondary N) is 2. The molecule has 0 atom stereocenters. The zero-order chi connectivity index (χ0) is 9.56. The fourth-order valence-corrected chi connectivity index (χ4v) is 0.605. The van der Waals surface area contributed by atoms with E-state index in [0.29, 0.717) is 0 Å². The lowest BCUT2D eigenvalue weighted by Crippen LogP contribution is -2.22. The molecule has 1 aromatic rings. The summed E-state index contributed by atoms with van der Waals surface area (Å²) in [7, 11) is 0. The van der Waals surface area contributed by atoms with Crippen LogP contribution >= 0.6 is 0 Å². The van der Waals surface area contributed by atoms with Gasteiger partial charge in [-0.1, -0.05) is 13.8 Å². The molecule has 0 spiro atoms. The van der Waals surface area contributed by atoms with E-state index in [1.165, 1.54) is 0 Å². The van der Waals surface area contributed by atoms with E-state index in [-0.39, 0.29) is 12.3 Å². The van der Waals surface area contributed by atoms with Crippen molar-refractivity contribution in [2.45, 2.75) is 20.5 Å². The summed E-state index contributed by atoms with van der Waals surface area (Å²) in [4.78, 5) is 25.1. The molecule has 0 amide bonds. The van der Waals surface area contributed by atoms with Crippen molar-refractivity contribution in [1.82, 2.24) is 9.97 Å². The summed E-state index contributed by atoms with van der Waals surface area (Å²) in [5.74, 6) is 0. The molecule has 0 aliphatic rings. The summed E-state index contributed by atoms with van der Waals surface area (Å²) in [6, 6.07) is 1.13. The largest absolute Gasteiger partial charge is 0.390 e. The number of rotatable bonds is 1. The first-order valence-electron chi connectivity index (χ1n) is 3.66. The van der Waals surface area contributed by atoms with Crippen molar-refractivity contribution >= 4 is 0 Å². The smallest absolute Gasteiger partial charge is 0.325 e. The lowest BCUT2D eigenvalue weighted by molar-refractivity contribution is 0.276. The summed E-state index contributed by atoms with van der Waals surface area (Å²) in [6.07, 6.45) is 0. The molecular weight excluding hydrogens is 160 g/mol. The molecule has 0 aromatic carbocycles. The maximum absolute atomic E-state index is 10.5. The van der Waals surface area contributed by atoms with Gasteiger partial charge >= 0.3 is 5.69 Å². The lowest BCUT2D eigenvalue weighted by atomic mass is 10.4. The van der Waals surface area contributed by atoms with Crippen LogP contribution in [0.15, 0.2) is 15.7 Å². The minimum atomic E-state index is -0.600. The average molecular weight is 172 g/mol. The van der Waals surface area contributed by atoms with Crippen molar-refractivity contribution in [2.75, 3.05) is 0 Å². The average Bonchev–Trinajstić information content (AvgIpc) is 2.06. The standard InChI is InChI=1S/C5H6N2O3.C2H6/c8-2-3-1-4(9)7-5(10)6-3;1-2/h1,8H,2H2,(H2,6,7,9,10);1-2H3. The Bertz CT molecular complexity index is 298. The number of aromatic nitrogens is 2. The third-order valence-electron chi connectivity index (χ3n) is 0.986. The van der Waals surface area contributed by atoms with Gasteiger partial charge in [0.25, 0.3) is 5.56 Å². The molecule has 0 fully saturated rings. The number of hydrogen-bond donors (Lipinski definition) is 3. The maximum atomic E-state index is 10.5. The number of H-pyrrole nitrogens is 2. The molecule has 3 N–H and O–H groups in total. The van der Waals surface area contributed by atoms with Gasteiger partial charge in [-0.15, -0.1) is 0 Å². The van der Waals surface area contributed by atoms with E-state index >= 15 is 0 Å². The van der Waals surface area contributed by atoms with Gasteiger partial charge in [0.1, 0.15) is 0 Å². The summed E-state index contributed by atoms with van der Waals surface area (Å²) in [6.45, 7) is 3.67. The minimum Gasteiger partial charge on any atom is -0.390 e. The highest BCUT2D eigenvalue weighted by molar-refractivity contribution is 4.95. The van der Waals surface area contributed by atoms with Crippen LogP contribution in [-0.4, -0.2) is 15.1 Å². The second-order valence-corrected chi connectivity index (χ2v) is 1.77. The van der Waals surface area contributed by atoms with Crippen molar-refractivity contribution in [3.8, 4) is 0 Å². The first kappa shape index (κ1) is 10.6. The van der Waals surface area contributed by atoms with Gasteiger partial charge in [-0.05, 0) is 0 Å². The molecule has 0 aliphatic carbocycles. The van der Waals surface area contributed by atoms with Crippen LogP contribution in [-0.2, 0) is 6.61 Å². The Morgan fingerprint density at radius 3 is 2.33 bits per heavy atom. The van der Waals surface area contributed by atoms with Gasteiger partial charge < -0.3 is 10.1 Å². The highest BCUT2D eigenvalue weighted by Crippen LogP contribution is 1.80. The molecule has 0 radical (unpaired) electrons. The number of hydrogen-bond acceptors (Lipinski definition) is 3. The molecule has 0 saturated heterocycles. The van der Waals surface area contributed by atoms with Crippen molar-refractivity contribution in [3.63, 3.8) is 0 Å². The van der Waals surface area contributed by atoms with Gasteiger partial charge in [-0.2, -0.15) is 0 Å². The Kier molecular flexibility index (Phi) is 4.71. The van der Waals surface area contributed by atoms with Gasteiger partial charge in [0.2, 0.25) is 0 Å². The SMILES string of the molecule is CC.O=c1cc(CO)[nH]c(=O)[nH]1. The molecule has 1 heterocycles. The van der Waals surface area contributed by atoms with E-state index in [2.05, 4.69) is 4.98 Å². The van der Waals surface area contributed by atoms with Crippen molar-refractivity contribution in [2.24, 2.45) is 0 Å². The molecule has 0 aliphatic heterocycles. The number of aliphatic hydroxyl groups excluding tert-OH is 1. The zero-order valence-electron chi connectivity index (χ0n) is 7.05. The van der Waals surface area contributed by atoms with Crippen LogP contribution in [0.2, 0.25) is 0 Å². The van der Waals surface area contributed by atoms with Crippen LogP contribution < -0.4 is 11.2 Å². The Morgan fingerprint density at radius 2 is 1.92 bits per heavy atom. The van der Waals surface area contributed by atoms with E-state index in [1.807, 2.05) is 18.8 Å². The predicted molar refractivity (Wildman–Crippen MR) is 45.0 cm³/mol. The van der Waals surface area contributed by atoms with Crippen molar-refractivity contribution in [3.05, 3.63) is 32.6 Å². The Hall–Kier alpha value is -1.36. The molecule has 5 heteroatoms. The molecular formula is C7H12N2O3. The van der Waals surface area contributed by atoms with Crippen LogP contribution in [0.3, 0.4) is 0 Å². The van der Waals surface area contributed by atoms with Gasteiger partial charge in [-0.3, -0.25) is 9.78 Å². The Morgan fingerprint density at radius 1 is 1.33 bits per heavy atom. The van der Waals surface area contributed by atoms with E-state index in [1.54, 1.807) is 0 Å². The molecule has 0 bridgehead atoms. The van der Waals surface area contributed by atoms with E-state index in [9.17, 15) is 9.59 Å². The first-order chi connectivity index (χ1) is 5.72. The highest BCUT2D eigenvalue weighted by Gasteiger charge is 1.91. The second kappa shape index (κ2) is 5.31. The molecule has 5 nitrogen and oxygen atoms in total. The number of aromatic amines is 2. The molecule has 68 valence electrons. The van der Waals surface area contributed by atoms with Crippen molar-refractivity contribution in [1.29, 1.82) is 0 Å². The molecule has 0 unspecified atom stereocenters. The first-order valence-corrected chi connectivity index (χ1v) is 3.66. The normalized spacial score (nSPS) is 8.58. The molecule has 12 heavy (non-hydrogen) atoms. The van der Waals surface area contributed by atoms with Gasteiger partial charge in [0, 0.05) is 6.07 Å². The van der Waals surface area contributed by atoms with Gasteiger partial charge in [0.05, 0.1) is 12.3 Å². The van der Waals surface area contributed by atoms with E-state index in [0.717, 1.165) is 6.07 Å².